The number of aliphatic carboxylic acids is 1. The van der Waals surface area contributed by atoms with E-state index in [0.29, 0.717) is 70.2 Å². The van der Waals surface area contributed by atoms with Crippen LogP contribution in [0.3, 0.4) is 0 Å². The summed E-state index contributed by atoms with van der Waals surface area (Å²) in [6, 6.07) is 0.118. The van der Waals surface area contributed by atoms with Crippen molar-refractivity contribution < 1.29 is 62.2 Å². The second-order valence-electron chi connectivity index (χ2n) is 18.1. The van der Waals surface area contributed by atoms with Gasteiger partial charge in [-0.2, -0.15) is 0 Å². The first-order valence-corrected chi connectivity index (χ1v) is 20.8. The molecule has 5 heterocycles. The maximum atomic E-state index is 12.3. The summed E-state index contributed by atoms with van der Waals surface area (Å²) in [7, 11) is 0. The van der Waals surface area contributed by atoms with Crippen LogP contribution in [0.25, 0.3) is 0 Å². The molecule has 57 heavy (non-hydrogen) atoms. The molecule has 6 atom stereocenters. The molecule has 14 nitrogen and oxygen atoms in total. The van der Waals surface area contributed by atoms with Gasteiger partial charge < -0.3 is 44.0 Å². The highest BCUT2D eigenvalue weighted by atomic mass is 35.5. The van der Waals surface area contributed by atoms with E-state index >= 15 is 0 Å². The first kappa shape index (κ1) is 50.9. The minimum atomic E-state index is -0.930. The lowest BCUT2D eigenvalue weighted by Crippen LogP contribution is -2.39. The van der Waals surface area contributed by atoms with Crippen LogP contribution in [0.2, 0.25) is 0 Å². The summed E-state index contributed by atoms with van der Waals surface area (Å²) < 4.78 is 37.6. The van der Waals surface area contributed by atoms with Gasteiger partial charge in [0, 0.05) is 45.3 Å². The summed E-state index contributed by atoms with van der Waals surface area (Å²) in [6.45, 7) is 15.5. The average Bonchev–Trinajstić information content (AvgIpc) is 3.12. The van der Waals surface area contributed by atoms with Gasteiger partial charge in [0.25, 0.3) is 0 Å². The second-order valence-corrected chi connectivity index (χ2v) is 18.1. The molecule has 5 fully saturated rings. The van der Waals surface area contributed by atoms with Gasteiger partial charge in [0.05, 0.1) is 32.7 Å². The molecular formula is C42H72ClNO13. The van der Waals surface area contributed by atoms with Crippen LogP contribution in [0.15, 0.2) is 0 Å². The van der Waals surface area contributed by atoms with Crippen molar-refractivity contribution >= 4 is 41.9 Å². The Bertz CT molecular complexity index is 1220. The molecule has 5 aliphatic rings. The van der Waals surface area contributed by atoms with Gasteiger partial charge >= 0.3 is 17.9 Å². The van der Waals surface area contributed by atoms with Gasteiger partial charge in [-0.3, -0.25) is 19.2 Å². The fourth-order valence-electron chi connectivity index (χ4n) is 7.38. The topological polar surface area (TPSA) is 196 Å². The number of halogens is 1. The molecule has 0 aliphatic carbocycles. The van der Waals surface area contributed by atoms with E-state index in [1.165, 1.54) is 0 Å². The molecule has 0 aromatic carbocycles. The number of carbonyl (C=O) groups excluding carboxylic acids is 4. The molecule has 0 unspecified atom stereocenters. The predicted octanol–water partition coefficient (Wildman–Crippen LogP) is 5.80. The van der Waals surface area contributed by atoms with Crippen LogP contribution < -0.4 is 5.73 Å². The summed E-state index contributed by atoms with van der Waals surface area (Å²) in [5, 5.41) is 8.74. The third-order valence-electron chi connectivity index (χ3n) is 10.5. The van der Waals surface area contributed by atoms with Crippen LogP contribution in [0.5, 0.6) is 0 Å². The van der Waals surface area contributed by atoms with Crippen LogP contribution in [0.4, 0.5) is 0 Å². The Hall–Kier alpha value is -2.20. The molecule has 5 saturated heterocycles. The highest BCUT2D eigenvalue weighted by molar-refractivity contribution is 5.85. The van der Waals surface area contributed by atoms with Crippen LogP contribution in [-0.2, 0) is 57.1 Å². The second kappa shape index (κ2) is 25.4. The third kappa shape index (κ3) is 21.6. The van der Waals surface area contributed by atoms with Gasteiger partial charge in [-0.15, -0.1) is 12.4 Å². The lowest BCUT2D eigenvalue weighted by atomic mass is 9.88. The van der Waals surface area contributed by atoms with Gasteiger partial charge in [-0.1, -0.05) is 0 Å². The lowest BCUT2D eigenvalue weighted by molar-refractivity contribution is -0.161. The number of esters is 2. The monoisotopic (exact) mass is 833 g/mol. The Morgan fingerprint density at radius 2 is 0.895 bits per heavy atom. The van der Waals surface area contributed by atoms with E-state index < -0.39 is 23.3 Å². The number of rotatable bonds is 11. The fourth-order valence-corrected chi connectivity index (χ4v) is 7.38. The highest BCUT2D eigenvalue weighted by Crippen LogP contribution is 2.28. The predicted molar refractivity (Wildman–Crippen MR) is 214 cm³/mol. The first-order valence-electron chi connectivity index (χ1n) is 20.8. The first-order chi connectivity index (χ1) is 26.4. The molecule has 0 amide bonds. The zero-order chi connectivity index (χ0) is 41.3. The van der Waals surface area contributed by atoms with E-state index in [0.717, 1.165) is 77.8 Å². The maximum absolute atomic E-state index is 12.3. The summed E-state index contributed by atoms with van der Waals surface area (Å²) in [4.78, 5) is 58.3. The highest BCUT2D eigenvalue weighted by Gasteiger charge is 2.32. The Balaban J connectivity index is 0.000000299. The molecule has 0 saturated carbocycles. The molecule has 0 radical (unpaired) electrons. The molecule has 330 valence electrons. The number of ether oxygens (including phenoxy) is 7. The van der Waals surface area contributed by atoms with Crippen molar-refractivity contribution in [2.45, 2.75) is 167 Å². The van der Waals surface area contributed by atoms with E-state index in [4.69, 9.17) is 44.0 Å². The van der Waals surface area contributed by atoms with Crippen molar-refractivity contribution in [3.8, 4) is 0 Å². The number of carboxylic acid groups (broad SMARTS) is 1. The fraction of sp³-hybridized carbons (Fsp3) is 0.881. The SMILES string of the molecule is CC(C)(C)OC(=O)C[C@@H]1CC[C@@H](C(=O)CC2CCOCC2)OC1.CC(C)(C)OC(=O)C[C@@H]1CC[C@@H](C(=O)O)OC1.Cl.N[C@@H]1CC[C@@H](C(=O)CC2CCOCC2)OC1. The molecule has 5 aliphatic heterocycles. The van der Waals surface area contributed by atoms with E-state index in [1.54, 1.807) is 0 Å². The number of nitrogens with two attached hydrogens (primary N) is 1. The average molecular weight is 834 g/mol. The molecule has 0 aromatic rings. The van der Waals surface area contributed by atoms with E-state index in [2.05, 4.69) is 0 Å². The standard InChI is InChI=1S/C18H30O5.C12H21NO3.C12H20O5.ClH/c1-18(2,3)23-17(20)11-14-4-5-16(22-12-14)15(19)10-13-6-8-21-9-7-13;13-10-1-2-12(16-8-10)11(14)7-9-3-5-15-6-4-9;1-12(2,3)17-10(13)6-8-4-5-9(11(14)15)16-7-8;/h13-14,16H,4-12H2,1-3H3;9-10,12H,1-8,13H2;8-9H,4-7H2,1-3H3,(H,14,15);1H/t14-,16-;10-,12+;8-,9-;/m010./s1. The molecule has 0 bridgehead atoms. The number of Topliss-reactive ketones (excluding diaryl/α,β-unsaturated/α-hetero) is 2. The van der Waals surface area contributed by atoms with Crippen molar-refractivity contribution in [2.24, 2.45) is 29.4 Å². The number of carbonyl (C=O) groups is 5. The lowest BCUT2D eigenvalue weighted by Gasteiger charge is -2.30. The zero-order valence-corrected chi connectivity index (χ0v) is 36.1. The van der Waals surface area contributed by atoms with Crippen molar-refractivity contribution in [3.63, 3.8) is 0 Å². The van der Waals surface area contributed by atoms with E-state index in [-0.39, 0.29) is 66.0 Å². The number of hydrogen-bond donors (Lipinski definition) is 2. The third-order valence-corrected chi connectivity index (χ3v) is 10.5. The van der Waals surface area contributed by atoms with Gasteiger partial charge in [0.15, 0.2) is 17.7 Å². The summed E-state index contributed by atoms with van der Waals surface area (Å²) in [5.74, 6) is 0.294. The molecule has 0 spiro atoms. The quantitative estimate of drug-likeness (QED) is 0.237. The molecular weight excluding hydrogens is 762 g/mol. The smallest absolute Gasteiger partial charge is 0.332 e. The summed E-state index contributed by atoms with van der Waals surface area (Å²) in [6.07, 6.45) is 9.12. The Labute approximate surface area is 346 Å². The zero-order valence-electron chi connectivity index (χ0n) is 35.3. The molecule has 15 heteroatoms. The van der Waals surface area contributed by atoms with Crippen LogP contribution in [0.1, 0.15) is 131 Å². The molecule has 0 aromatic heterocycles. The largest absolute Gasteiger partial charge is 0.479 e. The van der Waals surface area contributed by atoms with Crippen molar-refractivity contribution in [3.05, 3.63) is 0 Å². The van der Waals surface area contributed by atoms with Crippen molar-refractivity contribution in [1.82, 2.24) is 0 Å². The van der Waals surface area contributed by atoms with Gasteiger partial charge in [0.1, 0.15) is 23.4 Å². The molecule has 3 N–H and O–H groups in total. The Morgan fingerprint density at radius 3 is 1.21 bits per heavy atom. The van der Waals surface area contributed by atoms with Crippen LogP contribution in [0, 0.1) is 23.7 Å². The van der Waals surface area contributed by atoms with Gasteiger partial charge in [0.2, 0.25) is 0 Å². The maximum Gasteiger partial charge on any atom is 0.332 e. The van der Waals surface area contributed by atoms with Crippen LogP contribution in [-0.4, -0.2) is 116 Å². The minimum Gasteiger partial charge on any atom is -0.479 e. The minimum absolute atomic E-state index is 0. The van der Waals surface area contributed by atoms with Gasteiger partial charge in [-0.05, 0) is 129 Å². The summed E-state index contributed by atoms with van der Waals surface area (Å²) >= 11 is 0. The van der Waals surface area contributed by atoms with E-state index in [1.807, 2.05) is 41.5 Å². The van der Waals surface area contributed by atoms with Crippen molar-refractivity contribution in [1.29, 1.82) is 0 Å². The number of hydrogen-bond acceptors (Lipinski definition) is 13. The Morgan fingerprint density at radius 1 is 0.526 bits per heavy atom. The number of ketones is 2. The van der Waals surface area contributed by atoms with Crippen molar-refractivity contribution in [2.75, 3.05) is 46.2 Å². The van der Waals surface area contributed by atoms with Crippen LogP contribution >= 0.6 is 12.4 Å². The summed E-state index contributed by atoms with van der Waals surface area (Å²) in [5.41, 5.74) is 4.80. The number of carboxylic acids is 1. The normalized spacial score (nSPS) is 27.5. The molecule has 5 rings (SSSR count). The Kier molecular flexibility index (Phi) is 22.7. The van der Waals surface area contributed by atoms with Gasteiger partial charge in [-0.25, -0.2) is 4.79 Å². The van der Waals surface area contributed by atoms with E-state index in [9.17, 15) is 24.0 Å².